The van der Waals surface area contributed by atoms with Gasteiger partial charge in [-0.1, -0.05) is 0 Å². The Kier molecular flexibility index (Phi) is 4.10. The van der Waals surface area contributed by atoms with Crippen molar-refractivity contribution in [1.29, 1.82) is 0 Å². The number of anilines is 1. The highest BCUT2D eigenvalue weighted by molar-refractivity contribution is 7.16. The van der Waals surface area contributed by atoms with E-state index in [1.165, 1.54) is 0 Å². The lowest BCUT2D eigenvalue weighted by atomic mass is 9.94. The molecule has 1 aliphatic heterocycles. The number of nitrogens with one attached hydrogen (secondary N) is 1. The summed E-state index contributed by atoms with van der Waals surface area (Å²) in [7, 11) is 0. The van der Waals surface area contributed by atoms with E-state index in [0.717, 1.165) is 60.9 Å². The summed E-state index contributed by atoms with van der Waals surface area (Å²) < 4.78 is 0. The smallest absolute Gasteiger partial charge is 0.146 e. The van der Waals surface area contributed by atoms with Gasteiger partial charge in [0, 0.05) is 19.6 Å². The molecule has 1 aliphatic rings. The first-order valence-corrected chi connectivity index (χ1v) is 8.38. The summed E-state index contributed by atoms with van der Waals surface area (Å²) in [6.07, 6.45) is 1.63. The molecular formula is C15H22N4OS. The van der Waals surface area contributed by atoms with Crippen molar-refractivity contribution in [2.75, 3.05) is 25.0 Å². The minimum Gasteiger partial charge on any atom is -0.390 e. The fourth-order valence-electron chi connectivity index (χ4n) is 2.67. The van der Waals surface area contributed by atoms with Gasteiger partial charge >= 0.3 is 0 Å². The highest BCUT2D eigenvalue weighted by atomic mass is 32.1. The van der Waals surface area contributed by atoms with Gasteiger partial charge in [-0.3, -0.25) is 4.90 Å². The maximum absolute atomic E-state index is 10.0. The number of nitrogens with zero attached hydrogens (tertiary/aromatic N) is 3. The molecule has 5 nitrogen and oxygen atoms in total. The molecule has 0 bridgehead atoms. The highest BCUT2D eigenvalue weighted by Gasteiger charge is 2.27. The van der Waals surface area contributed by atoms with E-state index in [-0.39, 0.29) is 0 Å². The quantitative estimate of drug-likeness (QED) is 0.908. The molecule has 1 fully saturated rings. The maximum atomic E-state index is 10.0. The van der Waals surface area contributed by atoms with Crippen molar-refractivity contribution in [3.63, 3.8) is 0 Å². The number of hydrogen-bond donors (Lipinski definition) is 2. The molecule has 0 unspecified atom stereocenters. The van der Waals surface area contributed by atoms with Crippen LogP contribution in [-0.2, 0) is 6.54 Å². The van der Waals surface area contributed by atoms with Gasteiger partial charge in [0.1, 0.15) is 16.5 Å². The van der Waals surface area contributed by atoms with E-state index in [1.54, 1.807) is 11.3 Å². The number of fused-ring (bicyclic) bond motifs is 1. The van der Waals surface area contributed by atoms with Gasteiger partial charge in [0.2, 0.25) is 0 Å². The molecule has 6 heteroatoms. The Morgan fingerprint density at radius 2 is 2.14 bits per heavy atom. The zero-order valence-corrected chi connectivity index (χ0v) is 13.4. The summed E-state index contributed by atoms with van der Waals surface area (Å²) >= 11 is 1.65. The largest absolute Gasteiger partial charge is 0.390 e. The number of aromatic nitrogens is 2. The molecule has 2 N–H and O–H groups in total. The molecule has 2 aromatic heterocycles. The van der Waals surface area contributed by atoms with Crippen LogP contribution in [0.2, 0.25) is 0 Å². The lowest BCUT2D eigenvalue weighted by Gasteiger charge is -2.35. The van der Waals surface area contributed by atoms with Gasteiger partial charge in [-0.2, -0.15) is 0 Å². The van der Waals surface area contributed by atoms with Crippen molar-refractivity contribution < 1.29 is 5.11 Å². The second-order valence-electron chi connectivity index (χ2n) is 5.93. The van der Waals surface area contributed by atoms with E-state index in [0.29, 0.717) is 0 Å². The number of piperidine rings is 1. The Bertz CT molecular complexity index is 615. The molecular weight excluding hydrogens is 284 g/mol. The molecule has 0 aliphatic carbocycles. The third-order valence-corrected chi connectivity index (χ3v) is 4.82. The molecule has 2 aromatic rings. The van der Waals surface area contributed by atoms with E-state index in [1.807, 2.05) is 6.92 Å². The van der Waals surface area contributed by atoms with E-state index in [2.05, 4.69) is 38.6 Å². The van der Waals surface area contributed by atoms with Crippen molar-refractivity contribution >= 4 is 27.4 Å². The summed E-state index contributed by atoms with van der Waals surface area (Å²) in [6.45, 7) is 7.40. The van der Waals surface area contributed by atoms with Crippen LogP contribution in [0.25, 0.3) is 10.2 Å². The summed E-state index contributed by atoms with van der Waals surface area (Å²) in [4.78, 5) is 12.7. The molecule has 114 valence electrons. The first-order chi connectivity index (χ1) is 10.1. The van der Waals surface area contributed by atoms with Crippen LogP contribution >= 0.6 is 11.3 Å². The Morgan fingerprint density at radius 3 is 2.86 bits per heavy atom. The van der Waals surface area contributed by atoms with Crippen molar-refractivity contribution in [1.82, 2.24) is 14.9 Å². The van der Waals surface area contributed by atoms with Gasteiger partial charge in [-0.15, -0.1) is 11.3 Å². The topological polar surface area (TPSA) is 61.3 Å². The lowest BCUT2D eigenvalue weighted by Crippen LogP contribution is -2.42. The van der Waals surface area contributed by atoms with Crippen molar-refractivity contribution in [2.45, 2.75) is 38.8 Å². The van der Waals surface area contributed by atoms with Crippen molar-refractivity contribution in [3.05, 3.63) is 17.3 Å². The average molecular weight is 306 g/mol. The molecule has 0 saturated carbocycles. The Labute approximate surface area is 129 Å². The van der Waals surface area contributed by atoms with Crippen LogP contribution in [0.15, 0.2) is 11.4 Å². The summed E-state index contributed by atoms with van der Waals surface area (Å²) in [5.74, 6) is 1.80. The maximum Gasteiger partial charge on any atom is 0.146 e. The fraction of sp³-hybridized carbons (Fsp3) is 0.600. The van der Waals surface area contributed by atoms with Crippen LogP contribution in [0.4, 0.5) is 5.82 Å². The minimum absolute atomic E-state index is 0.510. The van der Waals surface area contributed by atoms with E-state index in [4.69, 9.17) is 0 Å². The van der Waals surface area contributed by atoms with Crippen LogP contribution in [0.5, 0.6) is 0 Å². The van der Waals surface area contributed by atoms with Gasteiger partial charge in [0.15, 0.2) is 0 Å². The number of rotatable bonds is 4. The summed E-state index contributed by atoms with van der Waals surface area (Å²) in [5.41, 5.74) is -0.510. The number of hydrogen-bond acceptors (Lipinski definition) is 6. The third kappa shape index (κ3) is 3.33. The summed E-state index contributed by atoms with van der Waals surface area (Å²) in [5, 5.41) is 16.5. The molecule has 0 spiro atoms. The van der Waals surface area contributed by atoms with Crippen molar-refractivity contribution in [3.8, 4) is 0 Å². The monoisotopic (exact) mass is 306 g/mol. The van der Waals surface area contributed by atoms with E-state index < -0.39 is 5.60 Å². The predicted molar refractivity (Wildman–Crippen MR) is 86.7 cm³/mol. The van der Waals surface area contributed by atoms with Gasteiger partial charge < -0.3 is 10.4 Å². The van der Waals surface area contributed by atoms with Gasteiger partial charge in [-0.05, 0) is 38.1 Å². The standard InChI is InChI=1S/C15H22N4OS/c1-3-16-13-11-4-9-21-14(11)18-12(17-13)10-19-7-5-15(2,20)6-8-19/h4,9,20H,3,5-8,10H2,1-2H3,(H,16,17,18). The third-order valence-electron chi connectivity index (χ3n) is 4.01. The minimum atomic E-state index is -0.510. The zero-order chi connectivity index (χ0) is 14.9. The van der Waals surface area contributed by atoms with Crippen LogP contribution in [0.1, 0.15) is 32.5 Å². The van der Waals surface area contributed by atoms with E-state index >= 15 is 0 Å². The molecule has 0 atom stereocenters. The highest BCUT2D eigenvalue weighted by Crippen LogP contribution is 2.26. The van der Waals surface area contributed by atoms with Crippen LogP contribution in [0.3, 0.4) is 0 Å². The normalized spacial score (nSPS) is 19.0. The Hall–Kier alpha value is -1.24. The van der Waals surface area contributed by atoms with Crippen LogP contribution in [0, 0.1) is 0 Å². The fourth-order valence-corrected chi connectivity index (χ4v) is 3.45. The number of aliphatic hydroxyl groups is 1. The molecule has 1 saturated heterocycles. The van der Waals surface area contributed by atoms with Gasteiger partial charge in [-0.25, -0.2) is 9.97 Å². The second kappa shape index (κ2) is 5.87. The lowest BCUT2D eigenvalue weighted by molar-refractivity contribution is -0.00784. The molecule has 3 heterocycles. The average Bonchev–Trinajstić information content (AvgIpc) is 2.90. The van der Waals surface area contributed by atoms with Crippen molar-refractivity contribution in [2.24, 2.45) is 0 Å². The zero-order valence-electron chi connectivity index (χ0n) is 12.6. The van der Waals surface area contributed by atoms with E-state index in [9.17, 15) is 5.11 Å². The Balaban J connectivity index is 1.78. The Morgan fingerprint density at radius 1 is 1.38 bits per heavy atom. The molecule has 0 aromatic carbocycles. The van der Waals surface area contributed by atoms with Gasteiger partial charge in [0.05, 0.1) is 17.5 Å². The van der Waals surface area contributed by atoms with Crippen LogP contribution < -0.4 is 5.32 Å². The first kappa shape index (κ1) is 14.7. The number of thiophene rings is 1. The molecule has 21 heavy (non-hydrogen) atoms. The van der Waals surface area contributed by atoms with Crippen LogP contribution in [-0.4, -0.2) is 45.2 Å². The molecule has 3 rings (SSSR count). The van der Waals surface area contributed by atoms with Gasteiger partial charge in [0.25, 0.3) is 0 Å². The molecule has 0 radical (unpaired) electrons. The SMILES string of the molecule is CCNc1nc(CN2CCC(C)(O)CC2)nc2sccc12. The predicted octanol–water partition coefficient (Wildman–Crippen LogP) is 2.47. The first-order valence-electron chi connectivity index (χ1n) is 7.50. The molecule has 0 amide bonds. The summed E-state index contributed by atoms with van der Waals surface area (Å²) in [6, 6.07) is 2.07. The second-order valence-corrected chi connectivity index (χ2v) is 6.83. The number of likely N-dealkylation sites (tertiary alicyclic amines) is 1.